The molecule has 2 rings (SSSR count). The van der Waals surface area contributed by atoms with Crippen molar-refractivity contribution in [1.29, 1.82) is 0 Å². The molecule has 2 aromatic rings. The predicted octanol–water partition coefficient (Wildman–Crippen LogP) is 3.68. The first-order valence-electron chi connectivity index (χ1n) is 6.43. The van der Waals surface area contributed by atoms with Gasteiger partial charge in [-0.2, -0.15) is 0 Å². The van der Waals surface area contributed by atoms with Crippen LogP contribution in [0.15, 0.2) is 30.5 Å². The van der Waals surface area contributed by atoms with Crippen molar-refractivity contribution in [3.05, 3.63) is 36.0 Å². The van der Waals surface area contributed by atoms with E-state index in [2.05, 4.69) is 49.3 Å². The Morgan fingerprint density at radius 3 is 2.76 bits per heavy atom. The molecule has 1 aromatic heterocycles. The summed E-state index contributed by atoms with van der Waals surface area (Å²) in [5.74, 6) is 0.905. The average Bonchev–Trinajstić information content (AvgIpc) is 2.79. The number of fused-ring (bicyclic) bond motifs is 1. The van der Waals surface area contributed by atoms with Crippen molar-refractivity contribution in [3.8, 4) is 0 Å². The van der Waals surface area contributed by atoms with Gasteiger partial charge < -0.3 is 10.1 Å². The van der Waals surface area contributed by atoms with Gasteiger partial charge in [0, 0.05) is 23.7 Å². The molecule has 1 heterocycles. The zero-order valence-electron chi connectivity index (χ0n) is 10.6. The molecule has 0 spiro atoms. The number of hydrogen-bond donors (Lipinski definition) is 2. The first-order valence-corrected chi connectivity index (χ1v) is 6.43. The topological polar surface area (TPSA) is 36.0 Å². The van der Waals surface area contributed by atoms with Gasteiger partial charge in [-0.05, 0) is 36.3 Å². The zero-order chi connectivity index (χ0) is 12.3. The Kier molecular flexibility index (Phi) is 3.85. The van der Waals surface area contributed by atoms with E-state index in [1.165, 1.54) is 16.5 Å². The third kappa shape index (κ3) is 2.52. The van der Waals surface area contributed by atoms with Crippen molar-refractivity contribution >= 4 is 10.9 Å². The van der Waals surface area contributed by atoms with E-state index in [1.807, 2.05) is 0 Å². The molecule has 17 heavy (non-hydrogen) atoms. The van der Waals surface area contributed by atoms with Crippen LogP contribution in [0.1, 0.15) is 38.2 Å². The van der Waals surface area contributed by atoms with Crippen LogP contribution in [0.4, 0.5) is 0 Å². The lowest BCUT2D eigenvalue weighted by Crippen LogP contribution is -2.07. The van der Waals surface area contributed by atoms with E-state index in [1.54, 1.807) is 0 Å². The average molecular weight is 231 g/mol. The summed E-state index contributed by atoms with van der Waals surface area (Å²) in [5.41, 5.74) is 2.60. The van der Waals surface area contributed by atoms with Crippen LogP contribution in [0.2, 0.25) is 0 Å². The minimum absolute atomic E-state index is 0.277. The van der Waals surface area contributed by atoms with Gasteiger partial charge in [0.2, 0.25) is 0 Å². The molecule has 0 amide bonds. The van der Waals surface area contributed by atoms with Gasteiger partial charge in [-0.1, -0.05) is 32.0 Å². The van der Waals surface area contributed by atoms with Crippen LogP contribution in [0.3, 0.4) is 0 Å². The summed E-state index contributed by atoms with van der Waals surface area (Å²) in [5, 5.41) is 10.5. The van der Waals surface area contributed by atoms with Crippen molar-refractivity contribution in [3.63, 3.8) is 0 Å². The third-order valence-electron chi connectivity index (χ3n) is 3.55. The lowest BCUT2D eigenvalue weighted by atomic mass is 9.88. The lowest BCUT2D eigenvalue weighted by Gasteiger charge is -2.17. The SMILES string of the molecule is CCC(CC(C)CO)c1c[nH]c2ccccc12. The lowest BCUT2D eigenvalue weighted by molar-refractivity contribution is 0.222. The molecule has 0 radical (unpaired) electrons. The molecule has 2 N–H and O–H groups in total. The van der Waals surface area contributed by atoms with Gasteiger partial charge in [-0.3, -0.25) is 0 Å². The number of benzene rings is 1. The van der Waals surface area contributed by atoms with E-state index in [0.717, 1.165) is 12.8 Å². The molecule has 2 nitrogen and oxygen atoms in total. The number of aromatic amines is 1. The Morgan fingerprint density at radius 2 is 2.06 bits per heavy atom. The summed E-state index contributed by atoms with van der Waals surface area (Å²) in [6.07, 6.45) is 4.30. The number of aromatic nitrogens is 1. The molecule has 2 atom stereocenters. The summed E-state index contributed by atoms with van der Waals surface area (Å²) < 4.78 is 0. The maximum absolute atomic E-state index is 9.18. The van der Waals surface area contributed by atoms with E-state index in [9.17, 15) is 5.11 Å². The van der Waals surface area contributed by atoms with E-state index < -0.39 is 0 Å². The van der Waals surface area contributed by atoms with Gasteiger partial charge in [0.05, 0.1) is 0 Å². The molecular weight excluding hydrogens is 210 g/mol. The molecule has 0 aliphatic rings. The van der Waals surface area contributed by atoms with Crippen LogP contribution in [-0.4, -0.2) is 16.7 Å². The van der Waals surface area contributed by atoms with Gasteiger partial charge in [0.15, 0.2) is 0 Å². The summed E-state index contributed by atoms with van der Waals surface area (Å²) >= 11 is 0. The Balaban J connectivity index is 2.30. The van der Waals surface area contributed by atoms with Gasteiger partial charge >= 0.3 is 0 Å². The number of nitrogens with one attached hydrogen (secondary N) is 1. The minimum Gasteiger partial charge on any atom is -0.396 e. The van der Waals surface area contributed by atoms with Crippen molar-refractivity contribution in [2.24, 2.45) is 5.92 Å². The molecule has 2 heteroatoms. The van der Waals surface area contributed by atoms with E-state index >= 15 is 0 Å². The second kappa shape index (κ2) is 5.37. The van der Waals surface area contributed by atoms with E-state index in [4.69, 9.17) is 0 Å². The smallest absolute Gasteiger partial charge is 0.0456 e. The van der Waals surface area contributed by atoms with E-state index in [0.29, 0.717) is 11.8 Å². The van der Waals surface area contributed by atoms with Gasteiger partial charge in [0.1, 0.15) is 0 Å². The number of H-pyrrole nitrogens is 1. The molecule has 92 valence electrons. The number of para-hydroxylation sites is 1. The van der Waals surface area contributed by atoms with E-state index in [-0.39, 0.29) is 6.61 Å². The monoisotopic (exact) mass is 231 g/mol. The quantitative estimate of drug-likeness (QED) is 0.809. The van der Waals surface area contributed by atoms with Crippen molar-refractivity contribution in [2.45, 2.75) is 32.6 Å². The van der Waals surface area contributed by atoms with Gasteiger partial charge in [-0.25, -0.2) is 0 Å². The number of hydrogen-bond acceptors (Lipinski definition) is 1. The van der Waals surface area contributed by atoms with Crippen LogP contribution in [-0.2, 0) is 0 Å². The van der Waals surface area contributed by atoms with Gasteiger partial charge in [0.25, 0.3) is 0 Å². The highest BCUT2D eigenvalue weighted by atomic mass is 16.3. The summed E-state index contributed by atoms with van der Waals surface area (Å²) in [6.45, 7) is 4.60. The Morgan fingerprint density at radius 1 is 1.29 bits per heavy atom. The highest BCUT2D eigenvalue weighted by Gasteiger charge is 2.16. The Hall–Kier alpha value is -1.28. The Labute approximate surface area is 103 Å². The van der Waals surface area contributed by atoms with Crippen LogP contribution in [0.5, 0.6) is 0 Å². The third-order valence-corrected chi connectivity index (χ3v) is 3.55. The summed E-state index contributed by atoms with van der Waals surface area (Å²) in [7, 11) is 0. The molecule has 0 fully saturated rings. The zero-order valence-corrected chi connectivity index (χ0v) is 10.6. The summed E-state index contributed by atoms with van der Waals surface area (Å²) in [6, 6.07) is 8.43. The summed E-state index contributed by atoms with van der Waals surface area (Å²) in [4.78, 5) is 3.33. The molecule has 1 aromatic carbocycles. The van der Waals surface area contributed by atoms with Gasteiger partial charge in [-0.15, -0.1) is 0 Å². The highest BCUT2D eigenvalue weighted by Crippen LogP contribution is 2.32. The number of aliphatic hydroxyl groups excluding tert-OH is 1. The first kappa shape index (κ1) is 12.2. The maximum atomic E-state index is 9.18. The molecule has 0 aliphatic carbocycles. The fraction of sp³-hybridized carbons (Fsp3) is 0.467. The number of aliphatic hydroxyl groups is 1. The van der Waals surface area contributed by atoms with Crippen LogP contribution in [0, 0.1) is 5.92 Å². The molecule has 2 unspecified atom stereocenters. The second-order valence-electron chi connectivity index (χ2n) is 4.92. The molecular formula is C15H21NO. The molecule has 0 bridgehead atoms. The second-order valence-corrected chi connectivity index (χ2v) is 4.92. The fourth-order valence-corrected chi connectivity index (χ4v) is 2.51. The minimum atomic E-state index is 0.277. The van der Waals surface area contributed by atoms with Crippen LogP contribution < -0.4 is 0 Å². The van der Waals surface area contributed by atoms with Crippen molar-refractivity contribution in [1.82, 2.24) is 4.98 Å². The largest absolute Gasteiger partial charge is 0.396 e. The first-order chi connectivity index (χ1) is 8.26. The molecule has 0 saturated carbocycles. The van der Waals surface area contributed by atoms with Crippen LogP contribution in [0.25, 0.3) is 10.9 Å². The predicted molar refractivity (Wildman–Crippen MR) is 72.2 cm³/mol. The number of rotatable bonds is 5. The Bertz CT molecular complexity index is 474. The standard InChI is InChI=1S/C15H21NO/c1-3-12(8-11(2)10-17)14-9-16-15-7-5-4-6-13(14)15/h4-7,9,11-12,16-17H,3,8,10H2,1-2H3. The van der Waals surface area contributed by atoms with Crippen molar-refractivity contribution in [2.75, 3.05) is 6.61 Å². The molecule has 0 saturated heterocycles. The highest BCUT2D eigenvalue weighted by molar-refractivity contribution is 5.83. The van der Waals surface area contributed by atoms with Crippen LogP contribution >= 0.6 is 0 Å². The van der Waals surface area contributed by atoms with Crippen molar-refractivity contribution < 1.29 is 5.11 Å². The fourth-order valence-electron chi connectivity index (χ4n) is 2.51. The maximum Gasteiger partial charge on any atom is 0.0456 e. The molecule has 0 aliphatic heterocycles. The normalized spacial score (nSPS) is 15.0.